The molecule has 3 amide bonds. The highest BCUT2D eigenvalue weighted by atomic mass is 16.4. The van der Waals surface area contributed by atoms with E-state index in [4.69, 9.17) is 0 Å². The maximum atomic E-state index is 12.6. The lowest BCUT2D eigenvalue weighted by atomic mass is 10.1. The van der Waals surface area contributed by atoms with Crippen molar-refractivity contribution in [1.82, 2.24) is 15.5 Å². The fraction of sp³-hybridized carbons (Fsp3) is 0.793. The standard InChI is InChI=1S/C29H51N3O5/c1-4-5-6-7-8-9-10-11-12-13-14-15-16-17-18-21-26(33)30-23(2)27(34)31-24(3)28(35)32-22-19-20-25(32)29(36)37/h11-12,23-25H,4-10,13-22H2,1-3H3,(H,30,33)(H,31,34)(H,36,37)/b12-11-/t23-,24-,25-/m0/s1. The van der Waals surface area contributed by atoms with Crippen molar-refractivity contribution in [1.29, 1.82) is 0 Å². The molecule has 0 saturated carbocycles. The summed E-state index contributed by atoms with van der Waals surface area (Å²) in [6, 6.07) is -2.45. The summed E-state index contributed by atoms with van der Waals surface area (Å²) in [5.74, 6) is -2.07. The number of aliphatic carboxylic acids is 1. The zero-order valence-electron chi connectivity index (χ0n) is 23.4. The number of rotatable bonds is 20. The first-order chi connectivity index (χ1) is 17.8. The molecular weight excluding hydrogens is 470 g/mol. The highest BCUT2D eigenvalue weighted by Gasteiger charge is 2.36. The van der Waals surface area contributed by atoms with Crippen molar-refractivity contribution in [3.8, 4) is 0 Å². The summed E-state index contributed by atoms with van der Waals surface area (Å²) in [5, 5.41) is 14.5. The van der Waals surface area contributed by atoms with Crippen molar-refractivity contribution in [2.45, 2.75) is 142 Å². The SMILES string of the molecule is CCCCCCCC/C=C\CCCCCCCC(=O)N[C@@H](C)C(=O)N[C@@H](C)C(=O)N1CCC[C@H]1C(=O)O. The summed E-state index contributed by atoms with van der Waals surface area (Å²) >= 11 is 0. The van der Waals surface area contributed by atoms with Gasteiger partial charge in [0.25, 0.3) is 0 Å². The maximum absolute atomic E-state index is 12.6. The van der Waals surface area contributed by atoms with Gasteiger partial charge in [0.05, 0.1) is 0 Å². The summed E-state index contributed by atoms with van der Waals surface area (Å²) < 4.78 is 0. The van der Waals surface area contributed by atoms with Crippen LogP contribution in [0.3, 0.4) is 0 Å². The Morgan fingerprint density at radius 1 is 0.838 bits per heavy atom. The van der Waals surface area contributed by atoms with Crippen LogP contribution in [0.5, 0.6) is 0 Å². The molecule has 3 atom stereocenters. The Labute approximate surface area is 224 Å². The van der Waals surface area contributed by atoms with Crippen molar-refractivity contribution in [2.24, 2.45) is 0 Å². The Balaban J connectivity index is 2.08. The fourth-order valence-corrected chi connectivity index (χ4v) is 4.67. The van der Waals surface area contributed by atoms with E-state index < -0.39 is 35.9 Å². The average molecular weight is 522 g/mol. The molecule has 1 aliphatic rings. The largest absolute Gasteiger partial charge is 0.480 e. The van der Waals surface area contributed by atoms with Gasteiger partial charge >= 0.3 is 5.97 Å². The third kappa shape index (κ3) is 14.2. The van der Waals surface area contributed by atoms with E-state index in [1.165, 1.54) is 63.2 Å². The van der Waals surface area contributed by atoms with Gasteiger partial charge in [0.15, 0.2) is 0 Å². The second-order valence-corrected chi connectivity index (χ2v) is 10.4. The molecule has 0 bridgehead atoms. The third-order valence-corrected chi connectivity index (χ3v) is 6.99. The summed E-state index contributed by atoms with van der Waals surface area (Å²) in [5.41, 5.74) is 0. The Bertz CT molecular complexity index is 724. The fourth-order valence-electron chi connectivity index (χ4n) is 4.67. The van der Waals surface area contributed by atoms with Gasteiger partial charge in [-0.25, -0.2) is 4.79 Å². The number of carboxylic acids is 1. The van der Waals surface area contributed by atoms with Crippen LogP contribution >= 0.6 is 0 Å². The van der Waals surface area contributed by atoms with Crippen LogP contribution in [-0.2, 0) is 19.2 Å². The topological polar surface area (TPSA) is 116 Å². The molecule has 0 aliphatic carbocycles. The van der Waals surface area contributed by atoms with Crippen molar-refractivity contribution in [2.75, 3.05) is 6.54 Å². The van der Waals surface area contributed by atoms with Gasteiger partial charge in [0, 0.05) is 13.0 Å². The predicted octanol–water partition coefficient (Wildman–Crippen LogP) is 5.11. The third-order valence-electron chi connectivity index (χ3n) is 6.99. The van der Waals surface area contributed by atoms with E-state index in [-0.39, 0.29) is 5.91 Å². The van der Waals surface area contributed by atoms with Gasteiger partial charge in [0.2, 0.25) is 17.7 Å². The predicted molar refractivity (Wildman–Crippen MR) is 147 cm³/mol. The first-order valence-corrected chi connectivity index (χ1v) is 14.6. The van der Waals surface area contributed by atoms with Crippen LogP contribution in [0.4, 0.5) is 0 Å². The first-order valence-electron chi connectivity index (χ1n) is 14.6. The van der Waals surface area contributed by atoms with Crippen molar-refractivity contribution in [3.05, 3.63) is 12.2 Å². The minimum Gasteiger partial charge on any atom is -0.480 e. The molecule has 3 N–H and O–H groups in total. The summed E-state index contributed by atoms with van der Waals surface area (Å²) in [6.07, 6.45) is 21.6. The number of carbonyl (C=O) groups excluding carboxylic acids is 3. The molecule has 37 heavy (non-hydrogen) atoms. The number of hydrogen-bond donors (Lipinski definition) is 3. The average Bonchev–Trinajstić information content (AvgIpc) is 3.36. The van der Waals surface area contributed by atoms with Gasteiger partial charge in [-0.05, 0) is 58.8 Å². The highest BCUT2D eigenvalue weighted by Crippen LogP contribution is 2.18. The van der Waals surface area contributed by atoms with Crippen molar-refractivity contribution >= 4 is 23.7 Å². The van der Waals surface area contributed by atoms with Crippen molar-refractivity contribution < 1.29 is 24.3 Å². The number of carboxylic acid groups (broad SMARTS) is 1. The molecule has 1 heterocycles. The molecule has 212 valence electrons. The van der Waals surface area contributed by atoms with Crippen LogP contribution in [0.1, 0.15) is 124 Å². The number of amides is 3. The quantitative estimate of drug-likeness (QED) is 0.152. The van der Waals surface area contributed by atoms with Crippen LogP contribution in [0.25, 0.3) is 0 Å². The van der Waals surface area contributed by atoms with E-state index in [1.54, 1.807) is 6.92 Å². The second kappa shape index (κ2) is 19.7. The molecule has 0 aromatic carbocycles. The van der Waals surface area contributed by atoms with Gasteiger partial charge in [0.1, 0.15) is 18.1 Å². The molecule has 0 radical (unpaired) electrons. The van der Waals surface area contributed by atoms with Crippen molar-refractivity contribution in [3.63, 3.8) is 0 Å². The molecular formula is C29H51N3O5. The second-order valence-electron chi connectivity index (χ2n) is 10.4. The van der Waals surface area contributed by atoms with Gasteiger partial charge in [-0.15, -0.1) is 0 Å². The summed E-state index contributed by atoms with van der Waals surface area (Å²) in [6.45, 7) is 5.74. The number of nitrogens with zero attached hydrogens (tertiary/aromatic N) is 1. The molecule has 1 fully saturated rings. The Kier molecular flexibility index (Phi) is 17.4. The van der Waals surface area contributed by atoms with Crippen LogP contribution in [0, 0.1) is 0 Å². The van der Waals surface area contributed by atoms with E-state index in [9.17, 15) is 24.3 Å². The molecule has 8 nitrogen and oxygen atoms in total. The monoisotopic (exact) mass is 521 g/mol. The zero-order valence-corrected chi connectivity index (χ0v) is 23.4. The molecule has 1 aliphatic heterocycles. The van der Waals surface area contributed by atoms with E-state index >= 15 is 0 Å². The van der Waals surface area contributed by atoms with E-state index in [2.05, 4.69) is 29.7 Å². The maximum Gasteiger partial charge on any atom is 0.326 e. The van der Waals surface area contributed by atoms with Gasteiger partial charge in [-0.1, -0.05) is 70.4 Å². The molecule has 8 heteroatoms. The number of likely N-dealkylation sites (tertiary alicyclic amines) is 1. The zero-order chi connectivity index (χ0) is 27.5. The minimum atomic E-state index is -1.03. The number of hydrogen-bond acceptors (Lipinski definition) is 4. The Morgan fingerprint density at radius 2 is 1.41 bits per heavy atom. The molecule has 0 unspecified atom stereocenters. The van der Waals surface area contributed by atoms with Crippen LogP contribution in [-0.4, -0.2) is 58.4 Å². The van der Waals surface area contributed by atoms with E-state index in [0.29, 0.717) is 25.8 Å². The first kappa shape index (κ1) is 32.6. The molecule has 1 saturated heterocycles. The summed E-state index contributed by atoms with van der Waals surface area (Å²) in [7, 11) is 0. The van der Waals surface area contributed by atoms with Crippen LogP contribution in [0.2, 0.25) is 0 Å². The van der Waals surface area contributed by atoms with Gasteiger partial charge in [-0.2, -0.15) is 0 Å². The smallest absolute Gasteiger partial charge is 0.326 e. The number of nitrogens with one attached hydrogen (secondary N) is 2. The number of carbonyl (C=O) groups is 4. The Morgan fingerprint density at radius 3 is 2.00 bits per heavy atom. The molecule has 0 spiro atoms. The van der Waals surface area contributed by atoms with Gasteiger partial charge in [-0.3, -0.25) is 14.4 Å². The minimum absolute atomic E-state index is 0.176. The van der Waals surface area contributed by atoms with Crippen LogP contribution in [0.15, 0.2) is 12.2 Å². The lowest BCUT2D eigenvalue weighted by Gasteiger charge is -2.26. The number of allylic oxidation sites excluding steroid dienone is 2. The lowest BCUT2D eigenvalue weighted by Crippen LogP contribution is -2.54. The van der Waals surface area contributed by atoms with Crippen LogP contribution < -0.4 is 10.6 Å². The van der Waals surface area contributed by atoms with E-state index in [0.717, 1.165) is 32.1 Å². The molecule has 1 rings (SSSR count). The lowest BCUT2D eigenvalue weighted by molar-refractivity contribution is -0.149. The highest BCUT2D eigenvalue weighted by molar-refractivity contribution is 5.93. The number of unbranched alkanes of at least 4 members (excludes halogenated alkanes) is 11. The normalized spacial score (nSPS) is 17.1. The summed E-state index contributed by atoms with van der Waals surface area (Å²) in [4.78, 5) is 49.8. The van der Waals surface area contributed by atoms with Gasteiger partial charge < -0.3 is 20.6 Å². The molecule has 0 aromatic rings. The Hall–Kier alpha value is -2.38. The molecule has 0 aromatic heterocycles. The van der Waals surface area contributed by atoms with E-state index in [1.807, 2.05) is 0 Å².